The van der Waals surface area contributed by atoms with Gasteiger partial charge in [0.1, 0.15) is 5.75 Å². The molecule has 0 amide bonds. The van der Waals surface area contributed by atoms with E-state index in [-0.39, 0.29) is 17.3 Å². The number of sulfone groups is 1. The highest BCUT2D eigenvalue weighted by molar-refractivity contribution is 7.91. The van der Waals surface area contributed by atoms with Crippen LogP contribution in [0.1, 0.15) is 49.3 Å². The Morgan fingerprint density at radius 2 is 1.77 bits per heavy atom. The molecule has 26 heavy (non-hydrogen) atoms. The summed E-state index contributed by atoms with van der Waals surface area (Å²) in [7, 11) is -1.83. The zero-order chi connectivity index (χ0) is 18.2. The van der Waals surface area contributed by atoms with Crippen molar-refractivity contribution in [1.82, 2.24) is 5.32 Å². The lowest BCUT2D eigenvalue weighted by Gasteiger charge is -2.39. The van der Waals surface area contributed by atoms with Crippen molar-refractivity contribution in [3.05, 3.63) is 59.7 Å². The summed E-state index contributed by atoms with van der Waals surface area (Å²) in [4.78, 5) is 0.403. The molecule has 138 valence electrons. The molecule has 2 aromatic rings. The van der Waals surface area contributed by atoms with E-state index in [4.69, 9.17) is 4.74 Å². The third-order valence-electron chi connectivity index (χ3n) is 5.73. The van der Waals surface area contributed by atoms with Crippen molar-refractivity contribution in [2.24, 2.45) is 0 Å². The number of benzene rings is 2. The first-order valence-corrected chi connectivity index (χ1v) is 10.9. The molecule has 2 aromatic carbocycles. The molecular weight excluding hydrogens is 346 g/mol. The number of fused-ring (bicyclic) bond motifs is 1. The highest BCUT2D eigenvalue weighted by Gasteiger charge is 2.43. The van der Waals surface area contributed by atoms with E-state index in [1.165, 1.54) is 6.42 Å². The summed E-state index contributed by atoms with van der Waals surface area (Å²) >= 11 is 0. The summed E-state index contributed by atoms with van der Waals surface area (Å²) in [6.07, 6.45) is 5.13. The molecule has 1 aliphatic heterocycles. The van der Waals surface area contributed by atoms with Crippen molar-refractivity contribution in [3.63, 3.8) is 0 Å². The average molecular weight is 372 g/mol. The summed E-state index contributed by atoms with van der Waals surface area (Å²) in [5.41, 5.74) is 1.56. The molecule has 1 unspecified atom stereocenters. The fourth-order valence-electron chi connectivity index (χ4n) is 4.44. The summed E-state index contributed by atoms with van der Waals surface area (Å²) < 4.78 is 31.9. The number of rotatable bonds is 2. The van der Waals surface area contributed by atoms with Crippen molar-refractivity contribution in [2.75, 3.05) is 12.9 Å². The first-order valence-electron chi connectivity index (χ1n) is 9.26. The van der Waals surface area contributed by atoms with Crippen molar-refractivity contribution < 1.29 is 13.2 Å². The van der Waals surface area contributed by atoms with Gasteiger partial charge in [0.15, 0.2) is 9.84 Å². The van der Waals surface area contributed by atoms with Crippen molar-refractivity contribution in [2.45, 2.75) is 48.6 Å². The number of nitrogens with one attached hydrogen (secondary N) is 1. The summed E-state index contributed by atoms with van der Waals surface area (Å²) in [5, 5.41) is 3.78. The molecule has 4 rings (SSSR count). The van der Waals surface area contributed by atoms with Gasteiger partial charge in [-0.15, -0.1) is 0 Å². The number of methoxy groups -OCH3 is 1. The molecule has 1 fully saturated rings. The van der Waals surface area contributed by atoms with Crippen LogP contribution in [0.5, 0.6) is 5.75 Å². The molecule has 1 spiro atoms. The third kappa shape index (κ3) is 3.14. The predicted molar refractivity (Wildman–Crippen MR) is 102 cm³/mol. The van der Waals surface area contributed by atoms with Crippen molar-refractivity contribution >= 4 is 9.84 Å². The Balaban J connectivity index is 1.91. The minimum Gasteiger partial charge on any atom is -0.497 e. The number of hydrogen-bond donors (Lipinski definition) is 1. The van der Waals surface area contributed by atoms with Crippen LogP contribution < -0.4 is 10.1 Å². The zero-order valence-electron chi connectivity index (χ0n) is 15.1. The van der Waals surface area contributed by atoms with E-state index < -0.39 is 9.84 Å². The minimum atomic E-state index is -3.40. The van der Waals surface area contributed by atoms with Gasteiger partial charge in [-0.3, -0.25) is 5.32 Å². The van der Waals surface area contributed by atoms with Crippen LogP contribution in [-0.2, 0) is 9.84 Å². The van der Waals surface area contributed by atoms with E-state index in [0.29, 0.717) is 10.6 Å². The summed E-state index contributed by atoms with van der Waals surface area (Å²) in [6, 6.07) is 15.4. The molecule has 1 atom stereocenters. The summed E-state index contributed by atoms with van der Waals surface area (Å²) in [6.45, 7) is 0. The number of hydrogen-bond acceptors (Lipinski definition) is 4. The lowest BCUT2D eigenvalue weighted by atomic mass is 9.81. The molecule has 1 saturated carbocycles. The van der Waals surface area contributed by atoms with E-state index in [9.17, 15) is 8.42 Å². The molecule has 1 aliphatic carbocycles. The maximum Gasteiger partial charge on any atom is 0.180 e. The molecule has 0 bridgehead atoms. The normalized spacial score (nSPS) is 23.8. The standard InChI is InChI=1S/C21H25NO3S/c1-25-17-10-11-18-19(14-17)26(23,24)15-21(12-6-3-7-13-21)22-20(18)16-8-4-2-5-9-16/h2,4-5,8-11,14,20,22H,3,6-7,12-13,15H2,1H3. The quantitative estimate of drug-likeness (QED) is 0.871. The van der Waals surface area contributed by atoms with Gasteiger partial charge in [0.05, 0.1) is 23.8 Å². The largest absolute Gasteiger partial charge is 0.497 e. The lowest BCUT2D eigenvalue weighted by Crippen LogP contribution is -2.51. The fourth-order valence-corrected chi connectivity index (χ4v) is 6.54. The highest BCUT2D eigenvalue weighted by Crippen LogP contribution is 2.41. The summed E-state index contributed by atoms with van der Waals surface area (Å²) in [5.74, 6) is 0.738. The molecule has 5 heteroatoms. The Morgan fingerprint density at radius 3 is 2.46 bits per heavy atom. The fraction of sp³-hybridized carbons (Fsp3) is 0.429. The van der Waals surface area contributed by atoms with Gasteiger partial charge in [-0.1, -0.05) is 55.7 Å². The number of ether oxygens (including phenoxy) is 1. The Morgan fingerprint density at radius 1 is 1.04 bits per heavy atom. The smallest absolute Gasteiger partial charge is 0.180 e. The van der Waals surface area contributed by atoms with Gasteiger partial charge in [-0.05, 0) is 36.1 Å². The van der Waals surface area contributed by atoms with E-state index >= 15 is 0 Å². The molecule has 1 heterocycles. The van der Waals surface area contributed by atoms with Crippen LogP contribution in [-0.4, -0.2) is 26.8 Å². The Labute approximate surface area is 155 Å². The van der Waals surface area contributed by atoms with Crippen LogP contribution in [0.15, 0.2) is 53.4 Å². The van der Waals surface area contributed by atoms with Gasteiger partial charge >= 0.3 is 0 Å². The Hall–Kier alpha value is -1.85. The topological polar surface area (TPSA) is 55.4 Å². The van der Waals surface area contributed by atoms with Gasteiger partial charge in [0.25, 0.3) is 0 Å². The Bertz CT molecular complexity index is 887. The molecule has 0 saturated heterocycles. The monoisotopic (exact) mass is 371 g/mol. The Kier molecular flexibility index (Phi) is 4.53. The van der Waals surface area contributed by atoms with Crippen LogP contribution in [0.2, 0.25) is 0 Å². The SMILES string of the molecule is COc1ccc2c(c1)S(=O)(=O)CC1(CCCCC1)NC2c1ccccc1. The van der Waals surface area contributed by atoms with Gasteiger partial charge in [-0.2, -0.15) is 0 Å². The highest BCUT2D eigenvalue weighted by atomic mass is 32.2. The van der Waals surface area contributed by atoms with E-state index in [1.807, 2.05) is 30.3 Å². The predicted octanol–water partition coefficient (Wildman–Crippen LogP) is 3.86. The van der Waals surface area contributed by atoms with E-state index in [0.717, 1.165) is 36.8 Å². The molecule has 0 radical (unpaired) electrons. The van der Waals surface area contributed by atoms with Crippen LogP contribution in [0, 0.1) is 0 Å². The maximum absolute atomic E-state index is 13.3. The van der Waals surface area contributed by atoms with Gasteiger partial charge in [-0.25, -0.2) is 8.42 Å². The second-order valence-corrected chi connectivity index (χ2v) is 9.45. The van der Waals surface area contributed by atoms with Crippen molar-refractivity contribution in [3.8, 4) is 5.75 Å². The minimum absolute atomic E-state index is 0.132. The van der Waals surface area contributed by atoms with Crippen LogP contribution >= 0.6 is 0 Å². The lowest BCUT2D eigenvalue weighted by molar-refractivity contribution is 0.243. The van der Waals surface area contributed by atoms with Crippen molar-refractivity contribution in [1.29, 1.82) is 0 Å². The zero-order valence-corrected chi connectivity index (χ0v) is 15.9. The molecule has 0 aromatic heterocycles. The van der Waals surface area contributed by atoms with E-state index in [2.05, 4.69) is 17.4 Å². The second kappa shape index (κ2) is 6.71. The first-order chi connectivity index (χ1) is 12.5. The molecular formula is C21H25NO3S. The van der Waals surface area contributed by atoms with Crippen LogP contribution in [0.4, 0.5) is 0 Å². The maximum atomic E-state index is 13.3. The van der Waals surface area contributed by atoms with E-state index in [1.54, 1.807) is 13.2 Å². The van der Waals surface area contributed by atoms with Gasteiger partial charge in [0, 0.05) is 5.54 Å². The molecule has 4 nitrogen and oxygen atoms in total. The first kappa shape index (κ1) is 17.6. The van der Waals surface area contributed by atoms with Gasteiger partial charge < -0.3 is 4.74 Å². The molecule has 2 aliphatic rings. The average Bonchev–Trinajstić information content (AvgIpc) is 2.75. The van der Waals surface area contributed by atoms with Crippen LogP contribution in [0.3, 0.4) is 0 Å². The van der Waals surface area contributed by atoms with Gasteiger partial charge in [0.2, 0.25) is 0 Å². The van der Waals surface area contributed by atoms with Crippen LogP contribution in [0.25, 0.3) is 0 Å². The second-order valence-electron chi connectivity index (χ2n) is 7.49. The third-order valence-corrected chi connectivity index (χ3v) is 7.68. The molecule has 1 N–H and O–H groups in total.